The molecule has 1 aliphatic heterocycles. The van der Waals surface area contributed by atoms with Gasteiger partial charge in [-0.15, -0.1) is 0 Å². The molecule has 2 aliphatic rings. The van der Waals surface area contributed by atoms with E-state index in [1.54, 1.807) is 0 Å². The van der Waals surface area contributed by atoms with Crippen LogP contribution in [0.5, 0.6) is 0 Å². The highest BCUT2D eigenvalue weighted by Crippen LogP contribution is 2.39. The lowest BCUT2D eigenvalue weighted by Gasteiger charge is -2.43. The molecule has 0 aromatic rings. The highest BCUT2D eigenvalue weighted by atomic mass is 16.5. The molecule has 2 fully saturated rings. The number of likely N-dealkylation sites (N-methyl/N-ethyl adjacent to an activating group) is 1. The molecule has 0 radical (unpaired) electrons. The molecule has 3 unspecified atom stereocenters. The Labute approximate surface area is 119 Å². The summed E-state index contributed by atoms with van der Waals surface area (Å²) in [6, 6.07) is 0. The first-order valence-electron chi connectivity index (χ1n) is 8.08. The Balaban J connectivity index is 1.87. The maximum atomic E-state index is 5.77. The second-order valence-corrected chi connectivity index (χ2v) is 7.06. The highest BCUT2D eigenvalue weighted by molar-refractivity contribution is 4.89. The summed E-state index contributed by atoms with van der Waals surface area (Å²) >= 11 is 0. The summed E-state index contributed by atoms with van der Waals surface area (Å²) in [4.78, 5) is 2.52. The maximum absolute atomic E-state index is 5.77. The van der Waals surface area contributed by atoms with Crippen LogP contribution in [0.4, 0.5) is 0 Å². The first kappa shape index (κ1) is 15.3. The number of rotatable bonds is 6. The van der Waals surface area contributed by atoms with Crippen LogP contribution < -0.4 is 5.32 Å². The van der Waals surface area contributed by atoms with Gasteiger partial charge >= 0.3 is 0 Å². The second-order valence-electron chi connectivity index (χ2n) is 7.06. The molecule has 3 heteroatoms. The third-order valence-electron chi connectivity index (χ3n) is 4.88. The quantitative estimate of drug-likeness (QED) is 0.801. The molecule has 19 heavy (non-hydrogen) atoms. The van der Waals surface area contributed by atoms with Crippen LogP contribution in [0, 0.1) is 11.3 Å². The van der Waals surface area contributed by atoms with E-state index < -0.39 is 0 Å². The van der Waals surface area contributed by atoms with E-state index in [4.69, 9.17) is 4.74 Å². The van der Waals surface area contributed by atoms with Gasteiger partial charge in [0.05, 0.1) is 6.10 Å². The highest BCUT2D eigenvalue weighted by Gasteiger charge is 2.35. The summed E-state index contributed by atoms with van der Waals surface area (Å²) in [6.45, 7) is 6.88. The Kier molecular flexibility index (Phi) is 5.67. The summed E-state index contributed by atoms with van der Waals surface area (Å²) in [6.07, 6.45) is 8.56. The van der Waals surface area contributed by atoms with Crippen molar-refractivity contribution in [2.24, 2.45) is 11.3 Å². The average molecular weight is 268 g/mol. The molecule has 0 spiro atoms. The topological polar surface area (TPSA) is 24.5 Å². The number of hydrogen-bond acceptors (Lipinski definition) is 3. The predicted octanol–water partition coefficient (Wildman–Crippen LogP) is 2.51. The van der Waals surface area contributed by atoms with Gasteiger partial charge in [-0.3, -0.25) is 0 Å². The Bertz CT molecular complexity index is 261. The van der Waals surface area contributed by atoms with E-state index in [2.05, 4.69) is 31.2 Å². The van der Waals surface area contributed by atoms with Gasteiger partial charge in [0.2, 0.25) is 0 Å². The fourth-order valence-corrected chi connectivity index (χ4v) is 4.28. The van der Waals surface area contributed by atoms with Crippen LogP contribution in [0.2, 0.25) is 0 Å². The molecule has 1 saturated carbocycles. The Morgan fingerprint density at radius 1 is 1.32 bits per heavy atom. The molecule has 1 aliphatic carbocycles. The first-order valence-corrected chi connectivity index (χ1v) is 8.08. The summed E-state index contributed by atoms with van der Waals surface area (Å²) in [5.41, 5.74) is 0.486. The number of nitrogens with one attached hydrogen (secondary N) is 1. The molecule has 0 bridgehead atoms. The van der Waals surface area contributed by atoms with Crippen molar-refractivity contribution < 1.29 is 4.74 Å². The van der Waals surface area contributed by atoms with Gasteiger partial charge in [0, 0.05) is 26.2 Å². The average Bonchev–Trinajstić information content (AvgIpc) is 2.81. The van der Waals surface area contributed by atoms with Gasteiger partial charge in [-0.25, -0.2) is 0 Å². The van der Waals surface area contributed by atoms with E-state index in [1.807, 2.05) is 0 Å². The third kappa shape index (κ3) is 4.44. The normalized spacial score (nSPS) is 36.0. The van der Waals surface area contributed by atoms with Gasteiger partial charge in [-0.05, 0) is 51.1 Å². The van der Waals surface area contributed by atoms with Crippen molar-refractivity contribution in [3.05, 3.63) is 0 Å². The van der Waals surface area contributed by atoms with Crippen molar-refractivity contribution in [2.75, 3.05) is 40.3 Å². The van der Waals surface area contributed by atoms with Crippen molar-refractivity contribution in [1.82, 2.24) is 10.2 Å². The van der Waals surface area contributed by atoms with E-state index in [9.17, 15) is 0 Å². The van der Waals surface area contributed by atoms with Crippen LogP contribution in [0.25, 0.3) is 0 Å². The largest absolute Gasteiger partial charge is 0.377 e. The zero-order valence-corrected chi connectivity index (χ0v) is 13.1. The Morgan fingerprint density at radius 3 is 2.79 bits per heavy atom. The molecular formula is C16H32N2O. The van der Waals surface area contributed by atoms with Crippen molar-refractivity contribution >= 4 is 0 Å². The van der Waals surface area contributed by atoms with Crippen LogP contribution in [0.1, 0.15) is 45.4 Å². The van der Waals surface area contributed by atoms with E-state index in [0.29, 0.717) is 11.5 Å². The monoisotopic (exact) mass is 268 g/mol. The second kappa shape index (κ2) is 7.05. The molecule has 3 atom stereocenters. The van der Waals surface area contributed by atoms with Gasteiger partial charge in [-0.1, -0.05) is 19.8 Å². The predicted molar refractivity (Wildman–Crippen MR) is 80.5 cm³/mol. The lowest BCUT2D eigenvalue weighted by Crippen LogP contribution is -2.46. The molecule has 2 rings (SSSR count). The van der Waals surface area contributed by atoms with Crippen LogP contribution in [-0.2, 0) is 4.74 Å². The lowest BCUT2D eigenvalue weighted by molar-refractivity contribution is 0.0469. The van der Waals surface area contributed by atoms with Gasteiger partial charge in [0.25, 0.3) is 0 Å². The number of ether oxygens (including phenoxy) is 1. The molecule has 0 aromatic carbocycles. The zero-order chi connectivity index (χ0) is 13.7. The molecule has 112 valence electrons. The molecule has 0 amide bonds. The summed E-state index contributed by atoms with van der Waals surface area (Å²) < 4.78 is 5.77. The van der Waals surface area contributed by atoms with E-state index in [1.165, 1.54) is 45.1 Å². The van der Waals surface area contributed by atoms with Crippen molar-refractivity contribution in [3.8, 4) is 0 Å². The third-order valence-corrected chi connectivity index (χ3v) is 4.88. The van der Waals surface area contributed by atoms with Gasteiger partial charge in [0.1, 0.15) is 0 Å². The Hall–Kier alpha value is -0.120. The van der Waals surface area contributed by atoms with Crippen LogP contribution in [0.15, 0.2) is 0 Å². The van der Waals surface area contributed by atoms with Crippen molar-refractivity contribution in [2.45, 2.75) is 51.6 Å². The van der Waals surface area contributed by atoms with Crippen LogP contribution in [0.3, 0.4) is 0 Å². The van der Waals surface area contributed by atoms with Gasteiger partial charge in [-0.2, -0.15) is 0 Å². The minimum absolute atomic E-state index is 0.484. The van der Waals surface area contributed by atoms with E-state index >= 15 is 0 Å². The van der Waals surface area contributed by atoms with Crippen LogP contribution in [-0.4, -0.2) is 51.3 Å². The molecular weight excluding hydrogens is 236 g/mol. The van der Waals surface area contributed by atoms with Crippen molar-refractivity contribution in [1.29, 1.82) is 0 Å². The van der Waals surface area contributed by atoms with E-state index in [0.717, 1.165) is 25.6 Å². The smallest absolute Gasteiger partial charge is 0.0702 e. The zero-order valence-electron chi connectivity index (χ0n) is 13.1. The number of hydrogen-bond donors (Lipinski definition) is 1. The standard InChI is InChI=1S/C16H32N2O/c1-14-6-4-8-16(10-14,12-17-2)13-18(3)11-15-7-5-9-19-15/h14-15,17H,4-13H2,1-3H3. The molecule has 1 N–H and O–H groups in total. The minimum Gasteiger partial charge on any atom is -0.377 e. The first-order chi connectivity index (χ1) is 9.13. The summed E-state index contributed by atoms with van der Waals surface area (Å²) in [7, 11) is 4.37. The van der Waals surface area contributed by atoms with Crippen molar-refractivity contribution in [3.63, 3.8) is 0 Å². The summed E-state index contributed by atoms with van der Waals surface area (Å²) in [5.74, 6) is 0.887. The van der Waals surface area contributed by atoms with Crippen LogP contribution >= 0.6 is 0 Å². The fourth-order valence-electron chi connectivity index (χ4n) is 4.28. The molecule has 1 saturated heterocycles. The lowest BCUT2D eigenvalue weighted by atomic mass is 9.69. The molecule has 0 aromatic heterocycles. The van der Waals surface area contributed by atoms with Gasteiger partial charge in [0.15, 0.2) is 0 Å². The summed E-state index contributed by atoms with van der Waals surface area (Å²) in [5, 5.41) is 3.44. The van der Waals surface area contributed by atoms with E-state index in [-0.39, 0.29) is 0 Å². The molecule has 3 nitrogen and oxygen atoms in total. The minimum atomic E-state index is 0.484. The SMILES string of the molecule is CNCC1(CN(C)CC2CCCO2)CCCC(C)C1. The Morgan fingerprint density at radius 2 is 2.16 bits per heavy atom. The maximum Gasteiger partial charge on any atom is 0.0702 e. The molecule has 1 heterocycles. The van der Waals surface area contributed by atoms with Gasteiger partial charge < -0.3 is 15.0 Å². The fraction of sp³-hybridized carbons (Fsp3) is 1.00. The number of nitrogens with zero attached hydrogens (tertiary/aromatic N) is 1.